The van der Waals surface area contributed by atoms with Crippen LogP contribution in [0.3, 0.4) is 0 Å². The molecule has 0 fully saturated rings. The van der Waals surface area contributed by atoms with E-state index in [-0.39, 0.29) is 5.91 Å². The predicted molar refractivity (Wildman–Crippen MR) is 97.7 cm³/mol. The Labute approximate surface area is 152 Å². The highest BCUT2D eigenvalue weighted by molar-refractivity contribution is 5.93. The van der Waals surface area contributed by atoms with E-state index in [0.29, 0.717) is 42.7 Å². The molecule has 0 atom stereocenters. The molecule has 26 heavy (non-hydrogen) atoms. The van der Waals surface area contributed by atoms with Crippen LogP contribution in [0.4, 0.5) is 5.95 Å². The highest BCUT2D eigenvalue weighted by Crippen LogP contribution is 2.27. The summed E-state index contributed by atoms with van der Waals surface area (Å²) in [6.45, 7) is 1.73. The Kier molecular flexibility index (Phi) is 7.63. The van der Waals surface area contributed by atoms with Gasteiger partial charge in [-0.1, -0.05) is 6.07 Å². The molecule has 2 rings (SSSR count). The minimum absolute atomic E-state index is 0.245. The number of nitrogens with one attached hydrogen (secondary N) is 2. The van der Waals surface area contributed by atoms with Gasteiger partial charge in [0.05, 0.1) is 19.8 Å². The predicted octanol–water partition coefficient (Wildman–Crippen LogP) is 1.87. The third-order valence-electron chi connectivity index (χ3n) is 3.62. The summed E-state index contributed by atoms with van der Waals surface area (Å²) in [5.41, 5.74) is 1.29. The van der Waals surface area contributed by atoms with Gasteiger partial charge in [0.1, 0.15) is 0 Å². The van der Waals surface area contributed by atoms with Crippen LogP contribution in [0, 0.1) is 0 Å². The molecule has 0 unspecified atom stereocenters. The average Bonchev–Trinajstić information content (AvgIpc) is 2.69. The zero-order valence-electron chi connectivity index (χ0n) is 15.2. The maximum Gasteiger partial charge on any atom is 0.254 e. The number of carbonyl (C=O) groups is 1. The fourth-order valence-electron chi connectivity index (χ4n) is 2.23. The topological polar surface area (TPSA) is 94.6 Å². The van der Waals surface area contributed by atoms with Crippen molar-refractivity contribution in [2.24, 2.45) is 0 Å². The Morgan fingerprint density at radius 2 is 1.81 bits per heavy atom. The maximum atomic E-state index is 12.2. The quantitative estimate of drug-likeness (QED) is 0.625. The van der Waals surface area contributed by atoms with E-state index in [9.17, 15) is 4.79 Å². The van der Waals surface area contributed by atoms with Crippen LogP contribution in [0.15, 0.2) is 30.6 Å². The number of nitrogens with zero attached hydrogens (tertiary/aromatic N) is 2. The van der Waals surface area contributed by atoms with Gasteiger partial charge in [-0.15, -0.1) is 0 Å². The number of carbonyl (C=O) groups excluding carboxylic acids is 1. The van der Waals surface area contributed by atoms with E-state index in [2.05, 4.69) is 20.6 Å². The Morgan fingerprint density at radius 1 is 1.08 bits per heavy atom. The van der Waals surface area contributed by atoms with Crippen molar-refractivity contribution >= 4 is 11.9 Å². The summed E-state index contributed by atoms with van der Waals surface area (Å²) in [6, 6.07) is 5.49. The molecule has 0 aliphatic rings. The van der Waals surface area contributed by atoms with Gasteiger partial charge in [0, 0.05) is 39.2 Å². The molecule has 8 nitrogen and oxygen atoms in total. The number of anilines is 1. The highest BCUT2D eigenvalue weighted by atomic mass is 16.5. The summed E-state index contributed by atoms with van der Waals surface area (Å²) < 4.78 is 15.4. The van der Waals surface area contributed by atoms with Crippen LogP contribution >= 0.6 is 0 Å². The lowest BCUT2D eigenvalue weighted by Gasteiger charge is -2.10. The minimum Gasteiger partial charge on any atom is -0.493 e. The molecule has 2 N–H and O–H groups in total. The second-order valence-corrected chi connectivity index (χ2v) is 5.44. The van der Waals surface area contributed by atoms with Gasteiger partial charge in [0.15, 0.2) is 11.5 Å². The second-order valence-electron chi connectivity index (χ2n) is 5.44. The van der Waals surface area contributed by atoms with E-state index in [1.165, 1.54) is 12.4 Å². The summed E-state index contributed by atoms with van der Waals surface area (Å²) in [5.74, 6) is 1.50. The third-order valence-corrected chi connectivity index (χ3v) is 3.62. The fraction of sp³-hybridized carbons (Fsp3) is 0.389. The van der Waals surface area contributed by atoms with Gasteiger partial charge in [-0.25, -0.2) is 9.97 Å². The lowest BCUT2D eigenvalue weighted by molar-refractivity contribution is 0.0950. The van der Waals surface area contributed by atoms with E-state index in [1.54, 1.807) is 27.4 Å². The van der Waals surface area contributed by atoms with Gasteiger partial charge < -0.3 is 24.8 Å². The summed E-state index contributed by atoms with van der Waals surface area (Å²) in [6.07, 6.45) is 3.85. The minimum atomic E-state index is -0.245. The number of hydrogen-bond donors (Lipinski definition) is 2. The van der Waals surface area contributed by atoms with Crippen LogP contribution in [0.2, 0.25) is 0 Å². The molecule has 0 aliphatic carbocycles. The molecule has 1 aromatic heterocycles. The second kappa shape index (κ2) is 10.2. The summed E-state index contributed by atoms with van der Waals surface area (Å²) in [5, 5.41) is 5.90. The van der Waals surface area contributed by atoms with E-state index in [4.69, 9.17) is 14.2 Å². The molecule has 1 aromatic carbocycles. The number of ether oxygens (including phenoxy) is 3. The standard InChI is InChI=1S/C18H24N4O4/c1-24-8-4-7-19-18-21-11-14(12-22-18)17(23)20-10-13-5-6-15(25-2)16(9-13)26-3/h5-6,9,11-12H,4,7-8,10H2,1-3H3,(H,20,23)(H,19,21,22). The molecule has 140 valence electrons. The van der Waals surface area contributed by atoms with Crippen LogP contribution in [-0.2, 0) is 11.3 Å². The van der Waals surface area contributed by atoms with Crippen LogP contribution in [0.25, 0.3) is 0 Å². The number of amides is 1. The first-order valence-corrected chi connectivity index (χ1v) is 8.22. The zero-order chi connectivity index (χ0) is 18.8. The molecule has 2 aromatic rings. The van der Waals surface area contributed by atoms with Crippen molar-refractivity contribution < 1.29 is 19.0 Å². The largest absolute Gasteiger partial charge is 0.493 e. The third kappa shape index (κ3) is 5.59. The molecule has 0 saturated heterocycles. The molecule has 1 heterocycles. The Balaban J connectivity index is 1.87. The molecule has 0 spiro atoms. The van der Waals surface area contributed by atoms with Crippen molar-refractivity contribution in [1.82, 2.24) is 15.3 Å². The summed E-state index contributed by atoms with van der Waals surface area (Å²) >= 11 is 0. The average molecular weight is 360 g/mol. The van der Waals surface area contributed by atoms with Crippen molar-refractivity contribution in [2.75, 3.05) is 39.8 Å². The Hall–Kier alpha value is -2.87. The summed E-state index contributed by atoms with van der Waals surface area (Å²) in [4.78, 5) is 20.5. The van der Waals surface area contributed by atoms with E-state index in [1.807, 2.05) is 12.1 Å². The number of aromatic nitrogens is 2. The van der Waals surface area contributed by atoms with Gasteiger partial charge in [0.25, 0.3) is 5.91 Å². The molecule has 0 saturated carbocycles. The molecule has 0 aliphatic heterocycles. The number of benzene rings is 1. The molecule has 0 radical (unpaired) electrons. The van der Waals surface area contributed by atoms with E-state index < -0.39 is 0 Å². The highest BCUT2D eigenvalue weighted by Gasteiger charge is 2.09. The molecule has 0 bridgehead atoms. The Bertz CT molecular complexity index is 707. The Morgan fingerprint density at radius 3 is 2.46 bits per heavy atom. The number of methoxy groups -OCH3 is 3. The molecular weight excluding hydrogens is 336 g/mol. The van der Waals surface area contributed by atoms with Gasteiger partial charge in [0.2, 0.25) is 5.95 Å². The van der Waals surface area contributed by atoms with Crippen LogP contribution in [0.5, 0.6) is 11.5 Å². The van der Waals surface area contributed by atoms with Gasteiger partial charge in [-0.3, -0.25) is 4.79 Å². The monoisotopic (exact) mass is 360 g/mol. The van der Waals surface area contributed by atoms with Crippen LogP contribution in [-0.4, -0.2) is 50.4 Å². The van der Waals surface area contributed by atoms with E-state index >= 15 is 0 Å². The normalized spacial score (nSPS) is 10.3. The summed E-state index contributed by atoms with van der Waals surface area (Å²) in [7, 11) is 4.81. The van der Waals surface area contributed by atoms with Crippen molar-refractivity contribution in [3.8, 4) is 11.5 Å². The van der Waals surface area contributed by atoms with E-state index in [0.717, 1.165) is 12.0 Å². The fourth-order valence-corrected chi connectivity index (χ4v) is 2.23. The van der Waals surface area contributed by atoms with Crippen molar-refractivity contribution in [3.05, 3.63) is 41.7 Å². The maximum absolute atomic E-state index is 12.2. The lowest BCUT2D eigenvalue weighted by atomic mass is 10.2. The van der Waals surface area contributed by atoms with Gasteiger partial charge in [-0.05, 0) is 24.1 Å². The lowest BCUT2D eigenvalue weighted by Crippen LogP contribution is -2.23. The molecule has 8 heteroatoms. The van der Waals surface area contributed by atoms with Crippen molar-refractivity contribution in [1.29, 1.82) is 0 Å². The van der Waals surface area contributed by atoms with Gasteiger partial charge in [-0.2, -0.15) is 0 Å². The van der Waals surface area contributed by atoms with Crippen molar-refractivity contribution in [2.45, 2.75) is 13.0 Å². The van der Waals surface area contributed by atoms with Crippen LogP contribution in [0.1, 0.15) is 22.3 Å². The SMILES string of the molecule is COCCCNc1ncc(C(=O)NCc2ccc(OC)c(OC)c2)cn1. The van der Waals surface area contributed by atoms with Crippen LogP contribution < -0.4 is 20.1 Å². The first-order chi connectivity index (χ1) is 12.7. The first kappa shape index (κ1) is 19.5. The van der Waals surface area contributed by atoms with Crippen molar-refractivity contribution in [3.63, 3.8) is 0 Å². The van der Waals surface area contributed by atoms with Gasteiger partial charge >= 0.3 is 0 Å². The number of rotatable bonds is 10. The smallest absolute Gasteiger partial charge is 0.254 e. The molecule has 1 amide bonds. The number of hydrogen-bond acceptors (Lipinski definition) is 7. The zero-order valence-corrected chi connectivity index (χ0v) is 15.2. The molecular formula is C18H24N4O4. The first-order valence-electron chi connectivity index (χ1n) is 8.22.